The number of ether oxygens (including phenoxy) is 2. The van der Waals surface area contributed by atoms with Crippen molar-refractivity contribution in [3.8, 4) is 0 Å². The van der Waals surface area contributed by atoms with Crippen LogP contribution in [0, 0.1) is 5.82 Å². The van der Waals surface area contributed by atoms with Gasteiger partial charge < -0.3 is 14.8 Å². The number of halogens is 2. The van der Waals surface area contributed by atoms with Crippen molar-refractivity contribution in [1.82, 2.24) is 4.72 Å². The molecular formula is C23H26ClFN2O5S. The summed E-state index contributed by atoms with van der Waals surface area (Å²) in [7, 11) is -4.56. The molecule has 0 fully saturated rings. The molecule has 2 aromatic carbocycles. The summed E-state index contributed by atoms with van der Waals surface area (Å²) in [6, 6.07) is 5.82. The Labute approximate surface area is 198 Å². The maximum absolute atomic E-state index is 14.5. The molecule has 0 aromatic heterocycles. The monoisotopic (exact) mass is 496 g/mol. The van der Waals surface area contributed by atoms with Crippen LogP contribution in [0.5, 0.6) is 0 Å². The number of carbonyl (C=O) groups excluding carboxylic acids is 1. The van der Waals surface area contributed by atoms with Gasteiger partial charge in [0.2, 0.25) is 0 Å². The van der Waals surface area contributed by atoms with Gasteiger partial charge in [0, 0.05) is 23.2 Å². The highest BCUT2D eigenvalue weighted by molar-refractivity contribution is 7.90. The largest absolute Gasteiger partial charge is 0.453 e. The number of sulfonamides is 1. The molecule has 0 aliphatic carbocycles. The molecule has 1 aliphatic heterocycles. The molecule has 10 heteroatoms. The van der Waals surface area contributed by atoms with Crippen molar-refractivity contribution in [2.24, 2.45) is 0 Å². The van der Waals surface area contributed by atoms with Gasteiger partial charge in [0.25, 0.3) is 15.8 Å². The van der Waals surface area contributed by atoms with E-state index in [0.717, 1.165) is 23.3 Å². The smallest absolute Gasteiger partial charge is 0.333 e. The predicted molar refractivity (Wildman–Crippen MR) is 124 cm³/mol. The number of hydrogen-bond donors (Lipinski definition) is 2. The first-order valence-electron chi connectivity index (χ1n) is 10.3. The van der Waals surface area contributed by atoms with E-state index in [4.69, 9.17) is 21.1 Å². The Kier molecular flexibility index (Phi) is 6.95. The number of urea groups is 1. The van der Waals surface area contributed by atoms with Crippen LogP contribution in [0.1, 0.15) is 63.1 Å². The third-order valence-electron chi connectivity index (χ3n) is 5.26. The predicted octanol–water partition coefficient (Wildman–Crippen LogP) is 5.93. The van der Waals surface area contributed by atoms with E-state index in [0.29, 0.717) is 10.7 Å². The van der Waals surface area contributed by atoms with E-state index >= 15 is 0 Å². The molecule has 3 rings (SSSR count). The Morgan fingerprint density at radius 3 is 2.09 bits per heavy atom. The zero-order valence-electron chi connectivity index (χ0n) is 18.9. The molecule has 0 saturated heterocycles. The van der Waals surface area contributed by atoms with E-state index in [1.807, 2.05) is 32.4 Å². The maximum Gasteiger partial charge on any atom is 0.333 e. The number of carbonyl (C=O) groups is 1. The van der Waals surface area contributed by atoms with Gasteiger partial charge in [-0.1, -0.05) is 39.3 Å². The zero-order valence-corrected chi connectivity index (χ0v) is 20.5. The SMILES string of the molecule is CC(C)c1cc(Cl)cc(C(C)C)c1NC(=O)NS(=O)(=O)c1cc(C2(C)OC=CO2)ccc1F. The fraction of sp³-hybridized carbons (Fsp3) is 0.348. The van der Waals surface area contributed by atoms with Crippen LogP contribution in [0.15, 0.2) is 47.8 Å². The van der Waals surface area contributed by atoms with Crippen LogP contribution in [0.2, 0.25) is 5.02 Å². The number of rotatable bonds is 6. The van der Waals surface area contributed by atoms with Gasteiger partial charge in [0.1, 0.15) is 23.2 Å². The van der Waals surface area contributed by atoms with Gasteiger partial charge >= 0.3 is 6.03 Å². The van der Waals surface area contributed by atoms with Gasteiger partial charge in [-0.25, -0.2) is 22.3 Å². The summed E-state index contributed by atoms with van der Waals surface area (Å²) in [5.41, 5.74) is 2.24. The summed E-state index contributed by atoms with van der Waals surface area (Å²) < 4.78 is 52.8. The van der Waals surface area contributed by atoms with Crippen molar-refractivity contribution in [2.75, 3.05) is 5.32 Å². The molecule has 178 valence electrons. The van der Waals surface area contributed by atoms with Crippen LogP contribution in [0.3, 0.4) is 0 Å². The minimum atomic E-state index is -4.56. The summed E-state index contributed by atoms with van der Waals surface area (Å²) in [5.74, 6) is -2.32. The van der Waals surface area contributed by atoms with E-state index in [-0.39, 0.29) is 17.4 Å². The van der Waals surface area contributed by atoms with E-state index in [9.17, 15) is 17.6 Å². The molecule has 7 nitrogen and oxygen atoms in total. The van der Waals surface area contributed by atoms with Crippen molar-refractivity contribution in [1.29, 1.82) is 0 Å². The van der Waals surface area contributed by atoms with Gasteiger partial charge in [0.15, 0.2) is 0 Å². The number of benzene rings is 2. The lowest BCUT2D eigenvalue weighted by Crippen LogP contribution is -2.35. The second-order valence-electron chi connectivity index (χ2n) is 8.43. The first-order valence-corrected chi connectivity index (χ1v) is 12.2. The summed E-state index contributed by atoms with van der Waals surface area (Å²) in [5, 5.41) is 3.14. The molecule has 0 bridgehead atoms. The molecular weight excluding hydrogens is 471 g/mol. The standard InChI is InChI=1S/C23H26ClFN2O5S/c1-13(2)17-11-16(24)12-18(14(3)4)21(17)26-22(28)27-33(29,30)20-10-15(6-7-19(20)25)23(5)31-8-9-32-23/h6-14H,1-5H3,(H2,26,27,28). The van der Waals surface area contributed by atoms with Gasteiger partial charge in [-0.15, -0.1) is 0 Å². The number of amides is 2. The summed E-state index contributed by atoms with van der Waals surface area (Å²) >= 11 is 6.24. The summed E-state index contributed by atoms with van der Waals surface area (Å²) in [4.78, 5) is 12.0. The van der Waals surface area contributed by atoms with E-state index < -0.39 is 32.6 Å². The number of nitrogens with one attached hydrogen (secondary N) is 2. The van der Waals surface area contributed by atoms with Crippen LogP contribution in [0.4, 0.5) is 14.9 Å². The molecule has 0 spiro atoms. The molecule has 0 radical (unpaired) electrons. The number of hydrogen-bond acceptors (Lipinski definition) is 5. The second-order valence-corrected chi connectivity index (χ2v) is 10.5. The van der Waals surface area contributed by atoms with Crippen molar-refractivity contribution in [3.63, 3.8) is 0 Å². The van der Waals surface area contributed by atoms with Crippen LogP contribution in [-0.2, 0) is 25.3 Å². The first-order chi connectivity index (χ1) is 15.3. The number of anilines is 1. The second kappa shape index (κ2) is 9.23. The Hall–Kier alpha value is -2.78. The molecule has 2 amide bonds. The summed E-state index contributed by atoms with van der Waals surface area (Å²) in [6.07, 6.45) is 2.60. The maximum atomic E-state index is 14.5. The lowest BCUT2D eigenvalue weighted by Gasteiger charge is -2.24. The van der Waals surface area contributed by atoms with Gasteiger partial charge in [-0.3, -0.25) is 0 Å². The molecule has 1 aliphatic rings. The Balaban J connectivity index is 1.92. The highest BCUT2D eigenvalue weighted by Crippen LogP contribution is 2.36. The van der Waals surface area contributed by atoms with Crippen molar-refractivity contribution in [2.45, 2.75) is 57.1 Å². The van der Waals surface area contributed by atoms with E-state index in [2.05, 4.69) is 5.32 Å². The van der Waals surface area contributed by atoms with Crippen LogP contribution >= 0.6 is 11.6 Å². The third-order valence-corrected chi connectivity index (χ3v) is 6.82. The molecule has 2 aromatic rings. The zero-order chi connectivity index (χ0) is 24.6. The molecule has 0 atom stereocenters. The Morgan fingerprint density at radius 1 is 1.03 bits per heavy atom. The Bertz CT molecular complexity index is 1170. The minimum Gasteiger partial charge on any atom is -0.453 e. The van der Waals surface area contributed by atoms with Crippen LogP contribution in [-0.4, -0.2) is 14.4 Å². The van der Waals surface area contributed by atoms with Crippen molar-refractivity contribution >= 4 is 33.3 Å². The molecule has 0 unspecified atom stereocenters. The van der Waals surface area contributed by atoms with Crippen molar-refractivity contribution in [3.05, 3.63) is 70.4 Å². The lowest BCUT2D eigenvalue weighted by atomic mass is 9.92. The van der Waals surface area contributed by atoms with E-state index in [1.165, 1.54) is 18.6 Å². The quantitative estimate of drug-likeness (QED) is 0.517. The molecule has 2 N–H and O–H groups in total. The molecule has 0 saturated carbocycles. The first kappa shape index (κ1) is 24.9. The molecule has 33 heavy (non-hydrogen) atoms. The van der Waals surface area contributed by atoms with Crippen LogP contribution in [0.25, 0.3) is 0 Å². The van der Waals surface area contributed by atoms with Gasteiger partial charge in [-0.2, -0.15) is 0 Å². The topological polar surface area (TPSA) is 93.7 Å². The highest BCUT2D eigenvalue weighted by atomic mass is 35.5. The fourth-order valence-corrected chi connectivity index (χ4v) is 4.74. The average Bonchev–Trinajstić information content (AvgIpc) is 3.16. The lowest BCUT2D eigenvalue weighted by molar-refractivity contribution is -0.133. The fourth-order valence-electron chi connectivity index (χ4n) is 3.49. The van der Waals surface area contributed by atoms with Crippen LogP contribution < -0.4 is 10.0 Å². The highest BCUT2D eigenvalue weighted by Gasteiger charge is 2.34. The third kappa shape index (κ3) is 5.25. The Morgan fingerprint density at radius 2 is 1.58 bits per heavy atom. The average molecular weight is 497 g/mol. The van der Waals surface area contributed by atoms with Gasteiger partial charge in [-0.05, 0) is 53.3 Å². The van der Waals surface area contributed by atoms with Gasteiger partial charge in [0.05, 0.1) is 0 Å². The minimum absolute atomic E-state index is 0.00278. The summed E-state index contributed by atoms with van der Waals surface area (Å²) in [6.45, 7) is 9.27. The van der Waals surface area contributed by atoms with E-state index in [1.54, 1.807) is 19.1 Å². The van der Waals surface area contributed by atoms with Crippen molar-refractivity contribution < 1.29 is 27.1 Å². The molecule has 1 heterocycles. The normalized spacial score (nSPS) is 14.8.